The van der Waals surface area contributed by atoms with E-state index in [4.69, 9.17) is 4.74 Å². The average Bonchev–Trinajstić information content (AvgIpc) is 3.20. The van der Waals surface area contributed by atoms with E-state index in [1.807, 2.05) is 61.1 Å². The predicted molar refractivity (Wildman–Crippen MR) is 116 cm³/mol. The number of nitrogens with zero attached hydrogens (tertiary/aromatic N) is 3. The van der Waals surface area contributed by atoms with Crippen molar-refractivity contribution in [2.24, 2.45) is 7.05 Å². The van der Waals surface area contributed by atoms with Gasteiger partial charge in [0.25, 0.3) is 5.91 Å². The van der Waals surface area contributed by atoms with Crippen LogP contribution in [0.4, 0.5) is 5.69 Å². The lowest BCUT2D eigenvalue weighted by molar-refractivity contribution is 0.102. The Balaban J connectivity index is 1.43. The monoisotopic (exact) mass is 398 g/mol. The zero-order valence-electron chi connectivity index (χ0n) is 16.9. The van der Waals surface area contributed by atoms with Crippen molar-refractivity contribution in [3.05, 3.63) is 96.1 Å². The van der Waals surface area contributed by atoms with Gasteiger partial charge in [-0.3, -0.25) is 9.78 Å². The van der Waals surface area contributed by atoms with Gasteiger partial charge in [0.15, 0.2) is 0 Å². The maximum Gasteiger partial charge on any atom is 0.255 e. The molecule has 6 nitrogen and oxygen atoms in total. The van der Waals surface area contributed by atoms with Gasteiger partial charge in [0, 0.05) is 42.5 Å². The smallest absolute Gasteiger partial charge is 0.255 e. The number of carbonyl (C=O) groups is 1. The number of hydrogen-bond donors (Lipinski definition) is 1. The number of imidazole rings is 1. The second kappa shape index (κ2) is 8.61. The Morgan fingerprint density at radius 3 is 2.57 bits per heavy atom. The molecule has 0 atom stereocenters. The SMILES string of the molecule is Cc1ccc(NC(=O)c2ccc(OCc3ccccn3)cc2)cc1-c1nccn1C. The van der Waals surface area contributed by atoms with Crippen LogP contribution in [0.3, 0.4) is 0 Å². The summed E-state index contributed by atoms with van der Waals surface area (Å²) in [5.74, 6) is 1.36. The highest BCUT2D eigenvalue weighted by Gasteiger charge is 2.11. The van der Waals surface area contributed by atoms with Gasteiger partial charge in [0.2, 0.25) is 0 Å². The summed E-state index contributed by atoms with van der Waals surface area (Å²) in [5, 5.41) is 2.96. The molecule has 4 aromatic rings. The first kappa shape index (κ1) is 19.4. The van der Waals surface area contributed by atoms with Crippen molar-refractivity contribution in [1.29, 1.82) is 0 Å². The van der Waals surface area contributed by atoms with Crippen LogP contribution < -0.4 is 10.1 Å². The highest BCUT2D eigenvalue weighted by molar-refractivity contribution is 6.04. The number of nitrogens with one attached hydrogen (secondary N) is 1. The van der Waals surface area contributed by atoms with E-state index in [0.717, 1.165) is 28.3 Å². The standard InChI is InChI=1S/C24H22N4O2/c1-17-6-9-19(15-22(17)23-26-13-14-28(23)2)27-24(29)18-7-10-21(11-8-18)30-16-20-5-3-4-12-25-20/h3-15H,16H2,1-2H3,(H,27,29). The van der Waals surface area contributed by atoms with Crippen LogP contribution in [0.25, 0.3) is 11.4 Å². The van der Waals surface area contributed by atoms with Gasteiger partial charge in [-0.1, -0.05) is 12.1 Å². The van der Waals surface area contributed by atoms with E-state index >= 15 is 0 Å². The van der Waals surface area contributed by atoms with Crippen molar-refractivity contribution in [3.8, 4) is 17.1 Å². The largest absolute Gasteiger partial charge is 0.487 e. The van der Waals surface area contributed by atoms with E-state index in [1.165, 1.54) is 0 Å². The molecule has 0 unspecified atom stereocenters. The van der Waals surface area contributed by atoms with Crippen LogP contribution in [0.5, 0.6) is 5.75 Å². The fraction of sp³-hybridized carbons (Fsp3) is 0.125. The predicted octanol–water partition coefficient (Wildman–Crippen LogP) is 4.62. The van der Waals surface area contributed by atoms with Gasteiger partial charge >= 0.3 is 0 Å². The number of carbonyl (C=O) groups excluding carboxylic acids is 1. The Morgan fingerprint density at radius 2 is 1.87 bits per heavy atom. The summed E-state index contributed by atoms with van der Waals surface area (Å²) in [6, 6.07) is 18.6. The van der Waals surface area contributed by atoms with Gasteiger partial charge < -0.3 is 14.6 Å². The lowest BCUT2D eigenvalue weighted by Gasteiger charge is -2.11. The molecule has 0 aliphatic rings. The molecule has 1 N–H and O–H groups in total. The average molecular weight is 398 g/mol. The van der Waals surface area contributed by atoms with Crippen molar-refractivity contribution in [3.63, 3.8) is 0 Å². The third-order valence-electron chi connectivity index (χ3n) is 4.79. The van der Waals surface area contributed by atoms with Crippen molar-refractivity contribution in [2.75, 3.05) is 5.32 Å². The van der Waals surface area contributed by atoms with Gasteiger partial charge in [-0.2, -0.15) is 0 Å². The Bertz CT molecular complexity index is 1150. The normalized spacial score (nSPS) is 10.6. The highest BCUT2D eigenvalue weighted by atomic mass is 16.5. The van der Waals surface area contributed by atoms with Crippen LogP contribution in [0.2, 0.25) is 0 Å². The van der Waals surface area contributed by atoms with Crippen LogP contribution in [0.1, 0.15) is 21.6 Å². The van der Waals surface area contributed by atoms with E-state index in [9.17, 15) is 4.79 Å². The van der Waals surface area contributed by atoms with Gasteiger partial charge in [0.05, 0.1) is 5.69 Å². The summed E-state index contributed by atoms with van der Waals surface area (Å²) < 4.78 is 7.68. The molecule has 0 bridgehead atoms. The maximum atomic E-state index is 12.7. The Labute approximate surface area is 175 Å². The van der Waals surface area contributed by atoms with Gasteiger partial charge in [-0.15, -0.1) is 0 Å². The van der Waals surface area contributed by atoms with Gasteiger partial charge in [-0.25, -0.2) is 4.98 Å². The summed E-state index contributed by atoms with van der Waals surface area (Å²) in [5.41, 5.74) is 4.20. The molecule has 30 heavy (non-hydrogen) atoms. The second-order valence-corrected chi connectivity index (χ2v) is 6.98. The molecule has 0 radical (unpaired) electrons. The van der Waals surface area contributed by atoms with E-state index in [2.05, 4.69) is 15.3 Å². The topological polar surface area (TPSA) is 69.0 Å². The van der Waals surface area contributed by atoms with Gasteiger partial charge in [0.1, 0.15) is 18.2 Å². The Morgan fingerprint density at radius 1 is 1.03 bits per heavy atom. The number of benzene rings is 2. The van der Waals surface area contributed by atoms with Crippen molar-refractivity contribution in [1.82, 2.24) is 14.5 Å². The summed E-state index contributed by atoms with van der Waals surface area (Å²) in [6.45, 7) is 2.41. The van der Waals surface area contributed by atoms with Crippen LogP contribution in [0.15, 0.2) is 79.3 Å². The number of pyridine rings is 1. The molecular weight excluding hydrogens is 376 g/mol. The summed E-state index contributed by atoms with van der Waals surface area (Å²) >= 11 is 0. The molecule has 2 aromatic carbocycles. The van der Waals surface area contributed by atoms with E-state index < -0.39 is 0 Å². The van der Waals surface area contributed by atoms with Crippen LogP contribution in [0, 0.1) is 6.92 Å². The first-order valence-electron chi connectivity index (χ1n) is 9.62. The number of ether oxygens (including phenoxy) is 1. The number of amides is 1. The van der Waals surface area contributed by atoms with Crippen LogP contribution in [-0.2, 0) is 13.7 Å². The molecule has 1 amide bonds. The molecule has 0 spiro atoms. The molecule has 2 heterocycles. The van der Waals surface area contributed by atoms with E-state index in [0.29, 0.717) is 17.9 Å². The molecule has 0 aliphatic heterocycles. The number of aryl methyl sites for hydroxylation is 2. The van der Waals surface area contributed by atoms with Gasteiger partial charge in [-0.05, 0) is 61.0 Å². The minimum Gasteiger partial charge on any atom is -0.487 e. The number of anilines is 1. The number of aromatic nitrogens is 3. The summed E-state index contributed by atoms with van der Waals surface area (Å²) in [7, 11) is 1.95. The molecule has 150 valence electrons. The van der Waals surface area contributed by atoms with Crippen molar-refractivity contribution in [2.45, 2.75) is 13.5 Å². The van der Waals surface area contributed by atoms with Crippen molar-refractivity contribution >= 4 is 11.6 Å². The summed E-state index contributed by atoms with van der Waals surface area (Å²) in [4.78, 5) is 21.3. The zero-order valence-corrected chi connectivity index (χ0v) is 16.9. The third-order valence-corrected chi connectivity index (χ3v) is 4.79. The van der Waals surface area contributed by atoms with E-state index in [1.54, 1.807) is 36.7 Å². The molecule has 4 rings (SSSR count). The zero-order chi connectivity index (χ0) is 20.9. The molecule has 0 saturated carbocycles. The van der Waals surface area contributed by atoms with Crippen LogP contribution in [-0.4, -0.2) is 20.4 Å². The fourth-order valence-electron chi connectivity index (χ4n) is 3.11. The Hall–Kier alpha value is -3.93. The summed E-state index contributed by atoms with van der Waals surface area (Å²) in [6.07, 6.45) is 5.39. The molecular formula is C24H22N4O2. The molecule has 0 aliphatic carbocycles. The first-order valence-corrected chi connectivity index (χ1v) is 9.62. The lowest BCUT2D eigenvalue weighted by atomic mass is 10.1. The highest BCUT2D eigenvalue weighted by Crippen LogP contribution is 2.25. The van der Waals surface area contributed by atoms with E-state index in [-0.39, 0.29) is 5.91 Å². The molecule has 2 aromatic heterocycles. The van der Waals surface area contributed by atoms with Crippen LogP contribution >= 0.6 is 0 Å². The quantitative estimate of drug-likeness (QED) is 0.514. The Kier molecular flexibility index (Phi) is 5.57. The minimum atomic E-state index is -0.180. The first-order chi connectivity index (χ1) is 14.6. The maximum absolute atomic E-state index is 12.7. The second-order valence-electron chi connectivity index (χ2n) is 6.98. The molecule has 0 saturated heterocycles. The minimum absolute atomic E-state index is 0.180. The molecule has 6 heteroatoms. The fourth-order valence-corrected chi connectivity index (χ4v) is 3.11. The molecule has 0 fully saturated rings. The number of rotatable bonds is 6. The number of hydrogen-bond acceptors (Lipinski definition) is 4. The lowest BCUT2D eigenvalue weighted by Crippen LogP contribution is -2.12. The van der Waals surface area contributed by atoms with Crippen molar-refractivity contribution < 1.29 is 9.53 Å². The third kappa shape index (κ3) is 4.38.